The number of nitrogen functional groups attached to an aromatic ring is 1. The summed E-state index contributed by atoms with van der Waals surface area (Å²) in [5.74, 6) is -0.946. The summed E-state index contributed by atoms with van der Waals surface area (Å²) in [4.78, 5) is 19.8. The third-order valence-corrected chi connectivity index (χ3v) is 7.57. The number of nitriles is 1. The molecule has 2 N–H and O–H groups in total. The molecule has 10 heteroatoms. The summed E-state index contributed by atoms with van der Waals surface area (Å²) in [5, 5.41) is 13.8. The van der Waals surface area contributed by atoms with Gasteiger partial charge in [-0.25, -0.2) is 13.8 Å². The fourth-order valence-corrected chi connectivity index (χ4v) is 5.63. The van der Waals surface area contributed by atoms with Crippen molar-refractivity contribution in [3.63, 3.8) is 0 Å². The molecule has 1 saturated heterocycles. The van der Waals surface area contributed by atoms with Crippen molar-refractivity contribution in [2.75, 3.05) is 10.6 Å². The molecular weight excluding hydrogens is 526 g/mol. The number of anilines is 2. The molecule has 1 amide bonds. The van der Waals surface area contributed by atoms with Gasteiger partial charge in [0.05, 0.1) is 28.3 Å². The zero-order valence-electron chi connectivity index (χ0n) is 22.5. The Bertz CT molecular complexity index is 1870. The highest BCUT2D eigenvalue weighted by Gasteiger charge is 2.35. The van der Waals surface area contributed by atoms with Crippen LogP contribution in [0.5, 0.6) is 0 Å². The number of benzene rings is 3. The van der Waals surface area contributed by atoms with E-state index in [1.54, 1.807) is 18.2 Å². The second-order valence-corrected chi connectivity index (χ2v) is 10.1. The number of carbonyl (C=O) groups excluding carboxylic acids is 1. The number of hydrogen-bond acceptors (Lipinski definition) is 6. The van der Waals surface area contributed by atoms with Gasteiger partial charge in [-0.3, -0.25) is 9.36 Å². The molecule has 0 saturated carbocycles. The number of amides is 1. The van der Waals surface area contributed by atoms with Gasteiger partial charge in [-0.15, -0.1) is 0 Å². The van der Waals surface area contributed by atoms with Crippen LogP contribution in [0.2, 0.25) is 0 Å². The fraction of sp³-hybridized carbons (Fsp3) is 0.226. The largest absolute Gasteiger partial charge is 0.398 e. The summed E-state index contributed by atoms with van der Waals surface area (Å²) in [7, 11) is 0. The molecule has 41 heavy (non-hydrogen) atoms. The van der Waals surface area contributed by atoms with Gasteiger partial charge in [-0.1, -0.05) is 18.1 Å². The highest BCUT2D eigenvalue weighted by Crippen LogP contribution is 2.40. The number of aromatic nitrogens is 3. The molecule has 0 aliphatic carbocycles. The van der Waals surface area contributed by atoms with Gasteiger partial charge in [0.1, 0.15) is 17.7 Å². The minimum atomic E-state index is -1.04. The predicted octanol–water partition coefficient (Wildman–Crippen LogP) is 6.54. The van der Waals surface area contributed by atoms with Crippen LogP contribution in [0, 0.1) is 29.9 Å². The molecule has 5 aromatic rings. The quantitative estimate of drug-likeness (QED) is 0.248. The zero-order valence-corrected chi connectivity index (χ0v) is 22.5. The third kappa shape index (κ3) is 4.39. The van der Waals surface area contributed by atoms with Crippen LogP contribution < -0.4 is 10.6 Å². The van der Waals surface area contributed by atoms with E-state index in [1.807, 2.05) is 36.6 Å². The van der Waals surface area contributed by atoms with Crippen LogP contribution in [-0.2, 0) is 11.2 Å². The number of aryl methyl sites for hydroxylation is 2. The Morgan fingerprint density at radius 1 is 1.10 bits per heavy atom. The van der Waals surface area contributed by atoms with Crippen LogP contribution in [0.3, 0.4) is 0 Å². The lowest BCUT2D eigenvalue weighted by Crippen LogP contribution is -2.39. The van der Waals surface area contributed by atoms with E-state index in [0.29, 0.717) is 47.5 Å². The maximum absolute atomic E-state index is 14.3. The van der Waals surface area contributed by atoms with Crippen molar-refractivity contribution < 1.29 is 18.1 Å². The SMILES string of the molecule is CCc1onc(C)c1-c1ccc2c(c1)nc([C@@H]1CCCC(=O)N1c1ccc(F)c(F)c1)n2-c1ccc(N)c(C#N)c1. The molecule has 206 valence electrons. The average molecular weight is 553 g/mol. The standard InChI is InChI=1S/C31H26F2N6O2/c1-3-28-30(17(2)37-41-28)18-7-12-26-25(14-18)36-31(39(26)20-9-11-24(35)19(13-20)16-34)27-5-4-6-29(40)38(27)21-8-10-22(32)23(33)15-21/h7-15,27H,3-6,35H2,1-2H3/t27-/m0/s1. The van der Waals surface area contributed by atoms with Crippen molar-refractivity contribution >= 4 is 28.3 Å². The highest BCUT2D eigenvalue weighted by atomic mass is 19.2. The maximum atomic E-state index is 14.3. The van der Waals surface area contributed by atoms with Crippen LogP contribution in [0.15, 0.2) is 59.1 Å². The van der Waals surface area contributed by atoms with Gasteiger partial charge in [-0.05, 0) is 67.8 Å². The van der Waals surface area contributed by atoms with Crippen LogP contribution in [-0.4, -0.2) is 20.6 Å². The average Bonchev–Trinajstić information content (AvgIpc) is 3.54. The Labute approximate surface area is 234 Å². The Balaban J connectivity index is 1.59. The summed E-state index contributed by atoms with van der Waals surface area (Å²) in [6.45, 7) is 3.88. The van der Waals surface area contributed by atoms with Gasteiger partial charge in [0.25, 0.3) is 0 Å². The molecule has 1 aliphatic rings. The van der Waals surface area contributed by atoms with Crippen molar-refractivity contribution in [2.24, 2.45) is 0 Å². The number of rotatable bonds is 5. The number of piperidine rings is 1. The van der Waals surface area contributed by atoms with Crippen LogP contribution in [0.1, 0.15) is 55.1 Å². The Morgan fingerprint density at radius 3 is 2.66 bits per heavy atom. The fourth-order valence-electron chi connectivity index (χ4n) is 5.63. The van der Waals surface area contributed by atoms with E-state index in [-0.39, 0.29) is 18.0 Å². The number of fused-ring (bicyclic) bond motifs is 1. The van der Waals surface area contributed by atoms with Gasteiger partial charge in [0, 0.05) is 41.5 Å². The van der Waals surface area contributed by atoms with Gasteiger partial charge >= 0.3 is 0 Å². The van der Waals surface area contributed by atoms with Crippen molar-refractivity contribution in [2.45, 2.75) is 45.6 Å². The second-order valence-electron chi connectivity index (χ2n) is 10.1. The van der Waals surface area contributed by atoms with Crippen molar-refractivity contribution in [3.8, 4) is 22.9 Å². The first kappa shape index (κ1) is 26.2. The number of imidazole rings is 1. The molecule has 2 aromatic heterocycles. The monoisotopic (exact) mass is 552 g/mol. The zero-order chi connectivity index (χ0) is 28.8. The predicted molar refractivity (Wildman–Crippen MR) is 150 cm³/mol. The molecule has 0 spiro atoms. The molecular formula is C31H26F2N6O2. The van der Waals surface area contributed by atoms with Gasteiger partial charge in [0.2, 0.25) is 5.91 Å². The van der Waals surface area contributed by atoms with Crippen molar-refractivity contribution in [1.82, 2.24) is 14.7 Å². The normalized spacial score (nSPS) is 15.4. The molecule has 3 aromatic carbocycles. The first-order valence-corrected chi connectivity index (χ1v) is 13.4. The van der Waals surface area contributed by atoms with E-state index in [9.17, 15) is 18.8 Å². The first-order valence-electron chi connectivity index (χ1n) is 13.4. The number of hydrogen-bond donors (Lipinski definition) is 1. The van der Waals surface area contributed by atoms with E-state index in [0.717, 1.165) is 40.2 Å². The number of nitrogens with zero attached hydrogens (tertiary/aromatic N) is 5. The lowest BCUT2D eigenvalue weighted by atomic mass is 9.99. The summed E-state index contributed by atoms with van der Waals surface area (Å²) < 4.78 is 35.5. The summed E-state index contributed by atoms with van der Waals surface area (Å²) in [6, 6.07) is 16.0. The number of nitrogens with two attached hydrogens (primary N) is 1. The maximum Gasteiger partial charge on any atom is 0.227 e. The van der Waals surface area contributed by atoms with Gasteiger partial charge < -0.3 is 15.2 Å². The molecule has 0 unspecified atom stereocenters. The Kier molecular flexibility index (Phi) is 6.50. The minimum Gasteiger partial charge on any atom is -0.398 e. The van der Waals surface area contributed by atoms with E-state index in [2.05, 4.69) is 11.2 Å². The molecule has 0 bridgehead atoms. The van der Waals surface area contributed by atoms with Gasteiger partial charge in [0.15, 0.2) is 11.6 Å². The molecule has 0 radical (unpaired) electrons. The first-order chi connectivity index (χ1) is 19.8. The third-order valence-electron chi connectivity index (χ3n) is 7.57. The van der Waals surface area contributed by atoms with E-state index in [1.165, 1.54) is 11.0 Å². The van der Waals surface area contributed by atoms with Crippen LogP contribution in [0.4, 0.5) is 20.2 Å². The Hall–Kier alpha value is -5.04. The molecule has 1 aliphatic heterocycles. The van der Waals surface area contributed by atoms with E-state index in [4.69, 9.17) is 15.2 Å². The highest BCUT2D eigenvalue weighted by molar-refractivity contribution is 5.95. The van der Waals surface area contributed by atoms with Crippen molar-refractivity contribution in [1.29, 1.82) is 5.26 Å². The van der Waals surface area contributed by atoms with Gasteiger partial charge in [-0.2, -0.15) is 5.26 Å². The number of carbonyl (C=O) groups is 1. The van der Waals surface area contributed by atoms with Crippen molar-refractivity contribution in [3.05, 3.63) is 89.1 Å². The van der Waals surface area contributed by atoms with Crippen LogP contribution >= 0.6 is 0 Å². The minimum absolute atomic E-state index is 0.214. The molecule has 1 fully saturated rings. The summed E-state index contributed by atoms with van der Waals surface area (Å²) >= 11 is 0. The van der Waals surface area contributed by atoms with E-state index >= 15 is 0 Å². The smallest absolute Gasteiger partial charge is 0.227 e. The van der Waals surface area contributed by atoms with Crippen LogP contribution in [0.25, 0.3) is 27.8 Å². The molecule has 8 nitrogen and oxygen atoms in total. The topological polar surface area (TPSA) is 114 Å². The molecule has 6 rings (SSSR count). The summed E-state index contributed by atoms with van der Waals surface area (Å²) in [6.07, 6.45) is 2.09. The number of halogens is 2. The molecule has 1 atom stereocenters. The second kappa shape index (κ2) is 10.2. The lowest BCUT2D eigenvalue weighted by Gasteiger charge is -2.35. The summed E-state index contributed by atoms with van der Waals surface area (Å²) in [5.41, 5.74) is 11.5. The Morgan fingerprint density at radius 2 is 1.90 bits per heavy atom. The van der Waals surface area contributed by atoms with E-state index < -0.39 is 17.7 Å². The molecule has 3 heterocycles. The lowest BCUT2D eigenvalue weighted by molar-refractivity contribution is -0.120.